The van der Waals surface area contributed by atoms with Crippen molar-refractivity contribution in [2.45, 2.75) is 51.6 Å². The molecule has 1 aliphatic heterocycles. The molecule has 2 heteroatoms. The standard InChI is InChI=1S/C11H19NO/c1-10(2)7-9(5-6-13)8-11(3,4)12-10/h5-6,12H,7-8H2,1-4H3. The first-order chi connectivity index (χ1) is 5.85. The van der Waals surface area contributed by atoms with E-state index in [2.05, 4.69) is 33.0 Å². The van der Waals surface area contributed by atoms with Crippen LogP contribution in [-0.2, 0) is 4.79 Å². The fourth-order valence-corrected chi connectivity index (χ4v) is 2.42. The van der Waals surface area contributed by atoms with Gasteiger partial charge >= 0.3 is 0 Å². The van der Waals surface area contributed by atoms with Crippen LogP contribution in [0.5, 0.6) is 0 Å². The highest BCUT2D eigenvalue weighted by Gasteiger charge is 2.34. The summed E-state index contributed by atoms with van der Waals surface area (Å²) >= 11 is 0. The normalized spacial score (nSPS) is 25.4. The third kappa shape index (κ3) is 2.96. The molecule has 0 saturated carbocycles. The molecule has 0 aliphatic carbocycles. The smallest absolute Gasteiger partial charge is 0.142 e. The molecule has 13 heavy (non-hydrogen) atoms. The minimum absolute atomic E-state index is 0.108. The van der Waals surface area contributed by atoms with E-state index in [0.717, 1.165) is 19.1 Å². The average molecular weight is 181 g/mol. The van der Waals surface area contributed by atoms with Crippen LogP contribution in [0.4, 0.5) is 0 Å². The molecule has 1 aliphatic rings. The van der Waals surface area contributed by atoms with E-state index in [0.29, 0.717) is 0 Å². The minimum Gasteiger partial charge on any atom is -0.306 e. The molecule has 1 rings (SSSR count). The summed E-state index contributed by atoms with van der Waals surface area (Å²) in [6.07, 6.45) is 4.54. The molecular weight excluding hydrogens is 162 g/mol. The zero-order valence-electron chi connectivity index (χ0n) is 8.98. The molecule has 0 bridgehead atoms. The number of carbonyl (C=O) groups is 1. The van der Waals surface area contributed by atoms with Crippen LogP contribution in [0.2, 0.25) is 0 Å². The van der Waals surface area contributed by atoms with Crippen molar-refractivity contribution in [2.75, 3.05) is 0 Å². The van der Waals surface area contributed by atoms with Crippen molar-refractivity contribution in [1.29, 1.82) is 0 Å². The maximum Gasteiger partial charge on any atom is 0.142 e. The number of carbonyl (C=O) groups excluding carboxylic acids is 1. The molecule has 1 N–H and O–H groups in total. The molecule has 0 radical (unpaired) electrons. The molecule has 0 amide bonds. The Labute approximate surface area is 80.4 Å². The number of aldehydes is 1. The number of hydrogen-bond acceptors (Lipinski definition) is 2. The second-order valence-electron chi connectivity index (χ2n) is 5.21. The largest absolute Gasteiger partial charge is 0.306 e. The van der Waals surface area contributed by atoms with E-state index >= 15 is 0 Å². The van der Waals surface area contributed by atoms with Crippen LogP contribution >= 0.6 is 0 Å². The molecule has 0 spiro atoms. The van der Waals surface area contributed by atoms with Gasteiger partial charge in [-0.1, -0.05) is 5.57 Å². The summed E-state index contributed by atoms with van der Waals surface area (Å²) in [7, 11) is 0. The Bertz CT molecular complexity index is 220. The van der Waals surface area contributed by atoms with E-state index in [4.69, 9.17) is 0 Å². The van der Waals surface area contributed by atoms with Crippen LogP contribution in [0.3, 0.4) is 0 Å². The van der Waals surface area contributed by atoms with Crippen LogP contribution in [0.15, 0.2) is 11.6 Å². The van der Waals surface area contributed by atoms with Crippen molar-refractivity contribution in [3.8, 4) is 0 Å². The van der Waals surface area contributed by atoms with Crippen LogP contribution in [0.1, 0.15) is 40.5 Å². The summed E-state index contributed by atoms with van der Waals surface area (Å²) in [6.45, 7) is 8.69. The van der Waals surface area contributed by atoms with Gasteiger partial charge in [0.05, 0.1) is 0 Å². The third-order valence-corrected chi connectivity index (χ3v) is 2.32. The Morgan fingerprint density at radius 2 is 1.62 bits per heavy atom. The lowest BCUT2D eigenvalue weighted by Crippen LogP contribution is -2.55. The van der Waals surface area contributed by atoms with Gasteiger partial charge in [-0.2, -0.15) is 0 Å². The second kappa shape index (κ2) is 3.26. The van der Waals surface area contributed by atoms with Crippen molar-refractivity contribution in [3.63, 3.8) is 0 Å². The van der Waals surface area contributed by atoms with Crippen LogP contribution < -0.4 is 5.32 Å². The second-order valence-corrected chi connectivity index (χ2v) is 5.21. The summed E-state index contributed by atoms with van der Waals surface area (Å²) in [4.78, 5) is 10.4. The van der Waals surface area contributed by atoms with Gasteiger partial charge < -0.3 is 5.32 Å². The van der Waals surface area contributed by atoms with Crippen LogP contribution in [0, 0.1) is 0 Å². The molecule has 1 heterocycles. The Balaban J connectivity index is 2.84. The SMILES string of the molecule is CC1(C)CC(=CC=O)CC(C)(C)N1. The lowest BCUT2D eigenvalue weighted by atomic mass is 9.79. The zero-order chi connectivity index (χ0) is 10.1. The van der Waals surface area contributed by atoms with Crippen molar-refractivity contribution >= 4 is 6.29 Å². The molecule has 0 aromatic carbocycles. The number of hydrogen-bond donors (Lipinski definition) is 1. The Kier molecular flexibility index (Phi) is 2.62. The maximum absolute atomic E-state index is 10.4. The van der Waals surface area contributed by atoms with Crippen molar-refractivity contribution in [1.82, 2.24) is 5.32 Å². The van der Waals surface area contributed by atoms with E-state index in [-0.39, 0.29) is 11.1 Å². The predicted octanol–water partition coefficient (Wildman–Crippen LogP) is 2.05. The van der Waals surface area contributed by atoms with Gasteiger partial charge in [0.25, 0.3) is 0 Å². The van der Waals surface area contributed by atoms with Gasteiger partial charge in [0.1, 0.15) is 6.29 Å². The van der Waals surface area contributed by atoms with Gasteiger partial charge in [0.2, 0.25) is 0 Å². The summed E-state index contributed by atoms with van der Waals surface area (Å²) in [5.41, 5.74) is 1.47. The Morgan fingerprint density at radius 3 is 2.00 bits per heavy atom. The lowest BCUT2D eigenvalue weighted by Gasteiger charge is -2.43. The first-order valence-corrected chi connectivity index (χ1v) is 4.77. The number of rotatable bonds is 1. The number of allylic oxidation sites excluding steroid dienone is 1. The molecule has 0 aromatic rings. The molecule has 0 unspecified atom stereocenters. The first kappa shape index (κ1) is 10.5. The highest BCUT2D eigenvalue weighted by Crippen LogP contribution is 2.31. The van der Waals surface area contributed by atoms with Gasteiger partial charge in [0.15, 0.2) is 0 Å². The average Bonchev–Trinajstić information content (AvgIpc) is 1.78. The number of piperidine rings is 1. The summed E-state index contributed by atoms with van der Waals surface area (Å²) in [5.74, 6) is 0. The van der Waals surface area contributed by atoms with E-state index < -0.39 is 0 Å². The summed E-state index contributed by atoms with van der Waals surface area (Å²) < 4.78 is 0. The van der Waals surface area contributed by atoms with Gasteiger partial charge in [0, 0.05) is 11.1 Å². The van der Waals surface area contributed by atoms with Crippen LogP contribution in [-0.4, -0.2) is 17.4 Å². The first-order valence-electron chi connectivity index (χ1n) is 4.77. The highest BCUT2D eigenvalue weighted by molar-refractivity contribution is 5.66. The molecule has 2 nitrogen and oxygen atoms in total. The quantitative estimate of drug-likeness (QED) is 0.495. The molecule has 0 aromatic heterocycles. The molecule has 1 saturated heterocycles. The third-order valence-electron chi connectivity index (χ3n) is 2.32. The van der Waals surface area contributed by atoms with E-state index in [1.807, 2.05) is 0 Å². The fraction of sp³-hybridized carbons (Fsp3) is 0.727. The Hall–Kier alpha value is -0.630. The van der Waals surface area contributed by atoms with Crippen molar-refractivity contribution < 1.29 is 4.79 Å². The lowest BCUT2D eigenvalue weighted by molar-refractivity contribution is -0.104. The van der Waals surface area contributed by atoms with E-state index in [1.54, 1.807) is 6.08 Å². The van der Waals surface area contributed by atoms with Crippen molar-refractivity contribution in [3.05, 3.63) is 11.6 Å². The van der Waals surface area contributed by atoms with Crippen molar-refractivity contribution in [2.24, 2.45) is 0 Å². The maximum atomic E-state index is 10.4. The predicted molar refractivity (Wildman–Crippen MR) is 54.7 cm³/mol. The topological polar surface area (TPSA) is 29.1 Å². The van der Waals surface area contributed by atoms with Gasteiger partial charge in [-0.15, -0.1) is 0 Å². The van der Waals surface area contributed by atoms with E-state index in [9.17, 15) is 4.79 Å². The Morgan fingerprint density at radius 1 is 1.15 bits per heavy atom. The number of nitrogens with one attached hydrogen (secondary N) is 1. The van der Waals surface area contributed by atoms with Gasteiger partial charge in [-0.25, -0.2) is 0 Å². The summed E-state index contributed by atoms with van der Waals surface area (Å²) in [5, 5.41) is 3.56. The van der Waals surface area contributed by atoms with Gasteiger partial charge in [-0.05, 0) is 46.6 Å². The summed E-state index contributed by atoms with van der Waals surface area (Å²) in [6, 6.07) is 0. The molecule has 1 fully saturated rings. The molecule has 74 valence electrons. The molecular formula is C11H19NO. The monoisotopic (exact) mass is 181 g/mol. The fourth-order valence-electron chi connectivity index (χ4n) is 2.42. The molecule has 0 atom stereocenters. The zero-order valence-corrected chi connectivity index (χ0v) is 8.98. The van der Waals surface area contributed by atoms with Crippen LogP contribution in [0.25, 0.3) is 0 Å². The highest BCUT2D eigenvalue weighted by atomic mass is 16.1. The minimum atomic E-state index is 0.108. The van der Waals surface area contributed by atoms with E-state index in [1.165, 1.54) is 5.57 Å². The van der Waals surface area contributed by atoms with Gasteiger partial charge in [-0.3, -0.25) is 4.79 Å².